The summed E-state index contributed by atoms with van der Waals surface area (Å²) in [6.07, 6.45) is -0.406. The zero-order valence-electron chi connectivity index (χ0n) is 8.74. The Morgan fingerprint density at radius 3 is 2.94 bits per heavy atom. The largest absolute Gasteiger partial charge is 0.443 e. The number of benzene rings is 1. The number of carbonyl (C=O) groups is 1. The summed E-state index contributed by atoms with van der Waals surface area (Å²) in [6.45, 7) is 2.49. The molecular weight excluding hydrogens is 293 g/mol. The maximum absolute atomic E-state index is 11.6. The molecule has 86 valence electrons. The molecule has 0 bridgehead atoms. The Morgan fingerprint density at radius 1 is 1.62 bits per heavy atom. The number of alkyl halides is 1. The molecule has 1 atom stereocenters. The van der Waals surface area contributed by atoms with Gasteiger partial charge in [-0.25, -0.2) is 4.79 Å². The van der Waals surface area contributed by atoms with Crippen molar-refractivity contribution in [3.63, 3.8) is 0 Å². The van der Waals surface area contributed by atoms with Crippen LogP contribution in [-0.4, -0.2) is 24.1 Å². The molecule has 1 heterocycles. The molecule has 3 nitrogen and oxygen atoms in total. The van der Waals surface area contributed by atoms with Crippen LogP contribution in [0.5, 0.6) is 0 Å². The molecule has 0 aromatic heterocycles. The first-order valence-corrected chi connectivity index (χ1v) is 6.42. The number of carbonyl (C=O) groups excluding carboxylic acids is 1. The highest BCUT2D eigenvalue weighted by molar-refractivity contribution is 9.09. The van der Waals surface area contributed by atoms with Crippen molar-refractivity contribution in [1.82, 2.24) is 0 Å². The lowest BCUT2D eigenvalue weighted by atomic mass is 10.2. The number of anilines is 1. The van der Waals surface area contributed by atoms with E-state index in [1.165, 1.54) is 0 Å². The molecule has 0 saturated carbocycles. The van der Waals surface area contributed by atoms with Crippen molar-refractivity contribution in [2.75, 3.05) is 16.8 Å². The van der Waals surface area contributed by atoms with Crippen molar-refractivity contribution in [3.8, 4) is 0 Å². The Kier molecular flexibility index (Phi) is 3.40. The van der Waals surface area contributed by atoms with E-state index >= 15 is 0 Å². The van der Waals surface area contributed by atoms with Gasteiger partial charge < -0.3 is 4.74 Å². The first-order valence-electron chi connectivity index (χ1n) is 4.92. The first-order chi connectivity index (χ1) is 7.61. The SMILES string of the molecule is Cc1ccc(N2CC(CBr)OC2=O)cc1Cl. The maximum Gasteiger partial charge on any atom is 0.414 e. The summed E-state index contributed by atoms with van der Waals surface area (Å²) in [5.41, 5.74) is 1.78. The lowest BCUT2D eigenvalue weighted by molar-refractivity contribution is 0.152. The van der Waals surface area contributed by atoms with E-state index < -0.39 is 0 Å². The van der Waals surface area contributed by atoms with Crippen LogP contribution in [-0.2, 0) is 4.74 Å². The Labute approximate surface area is 107 Å². The Morgan fingerprint density at radius 2 is 2.38 bits per heavy atom. The minimum atomic E-state index is -0.315. The molecule has 1 saturated heterocycles. The van der Waals surface area contributed by atoms with E-state index in [-0.39, 0.29) is 12.2 Å². The van der Waals surface area contributed by atoms with Crippen LogP contribution >= 0.6 is 27.5 Å². The fraction of sp³-hybridized carbons (Fsp3) is 0.364. The van der Waals surface area contributed by atoms with E-state index in [1.54, 1.807) is 11.0 Å². The second kappa shape index (κ2) is 4.63. The summed E-state index contributed by atoms with van der Waals surface area (Å²) in [7, 11) is 0. The van der Waals surface area contributed by atoms with Crippen molar-refractivity contribution < 1.29 is 9.53 Å². The molecule has 0 aliphatic carbocycles. The van der Waals surface area contributed by atoms with E-state index in [1.807, 2.05) is 19.1 Å². The van der Waals surface area contributed by atoms with Gasteiger partial charge in [0.25, 0.3) is 0 Å². The zero-order valence-corrected chi connectivity index (χ0v) is 11.1. The van der Waals surface area contributed by atoms with Crippen LogP contribution in [0.15, 0.2) is 18.2 Å². The highest BCUT2D eigenvalue weighted by Crippen LogP contribution is 2.26. The highest BCUT2D eigenvalue weighted by Gasteiger charge is 2.31. The monoisotopic (exact) mass is 303 g/mol. The zero-order chi connectivity index (χ0) is 11.7. The summed E-state index contributed by atoms with van der Waals surface area (Å²) in [4.78, 5) is 13.2. The molecule has 1 aromatic carbocycles. The van der Waals surface area contributed by atoms with Gasteiger partial charge in [-0.3, -0.25) is 4.90 Å². The number of hydrogen-bond donors (Lipinski definition) is 0. The van der Waals surface area contributed by atoms with Crippen LogP contribution in [0.2, 0.25) is 5.02 Å². The second-order valence-corrected chi connectivity index (χ2v) is 4.76. The molecule has 2 rings (SSSR count). The second-order valence-electron chi connectivity index (χ2n) is 3.70. The molecule has 5 heteroatoms. The quantitative estimate of drug-likeness (QED) is 0.784. The predicted molar refractivity (Wildman–Crippen MR) is 67.6 cm³/mol. The van der Waals surface area contributed by atoms with Gasteiger partial charge in [-0.1, -0.05) is 33.6 Å². The minimum absolute atomic E-state index is 0.0902. The molecule has 1 aromatic rings. The number of rotatable bonds is 2. The highest BCUT2D eigenvalue weighted by atomic mass is 79.9. The van der Waals surface area contributed by atoms with Crippen molar-refractivity contribution in [3.05, 3.63) is 28.8 Å². The van der Waals surface area contributed by atoms with E-state index in [2.05, 4.69) is 15.9 Å². The number of aryl methyl sites for hydroxylation is 1. The Hall–Kier alpha value is -0.740. The van der Waals surface area contributed by atoms with Gasteiger partial charge in [0.2, 0.25) is 0 Å². The van der Waals surface area contributed by atoms with Crippen LogP contribution in [0.4, 0.5) is 10.5 Å². The third-order valence-corrected chi connectivity index (χ3v) is 3.64. The molecule has 1 unspecified atom stereocenters. The molecule has 16 heavy (non-hydrogen) atoms. The van der Waals surface area contributed by atoms with Crippen molar-refractivity contribution in [2.45, 2.75) is 13.0 Å². The van der Waals surface area contributed by atoms with Crippen molar-refractivity contribution in [2.24, 2.45) is 0 Å². The predicted octanol–water partition coefficient (Wildman–Crippen LogP) is 3.37. The average Bonchev–Trinajstić information content (AvgIpc) is 2.64. The molecule has 1 aliphatic rings. The van der Waals surface area contributed by atoms with E-state index in [0.717, 1.165) is 11.3 Å². The normalized spacial score (nSPS) is 20.1. The third kappa shape index (κ3) is 2.18. The first kappa shape index (κ1) is 11.7. The standard InChI is InChI=1S/C11H11BrClNO2/c1-7-2-3-8(4-10(7)13)14-6-9(5-12)16-11(14)15/h2-4,9H,5-6H2,1H3. The molecule has 1 fully saturated rings. The van der Waals surface area contributed by atoms with Gasteiger partial charge in [-0.2, -0.15) is 0 Å². The molecule has 1 amide bonds. The topological polar surface area (TPSA) is 29.5 Å². The average molecular weight is 305 g/mol. The number of nitrogens with zero attached hydrogens (tertiary/aromatic N) is 1. The van der Waals surface area contributed by atoms with Crippen molar-refractivity contribution >= 4 is 39.3 Å². The molecule has 0 radical (unpaired) electrons. The molecule has 0 N–H and O–H groups in total. The summed E-state index contributed by atoms with van der Waals surface area (Å²) in [6, 6.07) is 5.56. The lowest BCUT2D eigenvalue weighted by Crippen LogP contribution is -2.24. The number of ether oxygens (including phenoxy) is 1. The van der Waals surface area contributed by atoms with Gasteiger partial charge in [-0.15, -0.1) is 0 Å². The van der Waals surface area contributed by atoms with E-state index in [4.69, 9.17) is 16.3 Å². The molecule has 0 spiro atoms. The van der Waals surface area contributed by atoms with E-state index in [0.29, 0.717) is 16.9 Å². The minimum Gasteiger partial charge on any atom is -0.443 e. The van der Waals surface area contributed by atoms with Gasteiger partial charge in [0.05, 0.1) is 6.54 Å². The number of halogens is 2. The Balaban J connectivity index is 2.24. The smallest absolute Gasteiger partial charge is 0.414 e. The summed E-state index contributed by atoms with van der Waals surface area (Å²) in [5.74, 6) is 0. The summed E-state index contributed by atoms with van der Waals surface area (Å²) < 4.78 is 5.14. The van der Waals surface area contributed by atoms with Crippen LogP contribution in [0.3, 0.4) is 0 Å². The number of hydrogen-bond acceptors (Lipinski definition) is 2. The Bertz CT molecular complexity index is 424. The van der Waals surface area contributed by atoms with Crippen molar-refractivity contribution in [1.29, 1.82) is 0 Å². The third-order valence-electron chi connectivity index (χ3n) is 2.51. The van der Waals surface area contributed by atoms with Gasteiger partial charge in [0.15, 0.2) is 0 Å². The van der Waals surface area contributed by atoms with Gasteiger partial charge >= 0.3 is 6.09 Å². The number of amides is 1. The van der Waals surface area contributed by atoms with Gasteiger partial charge in [0.1, 0.15) is 6.10 Å². The molecule has 1 aliphatic heterocycles. The summed E-state index contributed by atoms with van der Waals surface area (Å²) in [5, 5.41) is 1.31. The fourth-order valence-electron chi connectivity index (χ4n) is 1.56. The van der Waals surface area contributed by atoms with Crippen LogP contribution in [0.1, 0.15) is 5.56 Å². The van der Waals surface area contributed by atoms with Gasteiger partial charge in [0, 0.05) is 16.0 Å². The van der Waals surface area contributed by atoms with E-state index in [9.17, 15) is 4.79 Å². The fourth-order valence-corrected chi connectivity index (χ4v) is 2.07. The summed E-state index contributed by atoms with van der Waals surface area (Å²) >= 11 is 9.32. The molecular formula is C11H11BrClNO2. The number of cyclic esters (lactones) is 1. The van der Waals surface area contributed by atoms with Gasteiger partial charge in [-0.05, 0) is 24.6 Å². The van der Waals surface area contributed by atoms with Crippen LogP contribution < -0.4 is 4.90 Å². The van der Waals surface area contributed by atoms with Crippen LogP contribution in [0, 0.1) is 6.92 Å². The lowest BCUT2D eigenvalue weighted by Gasteiger charge is -2.13. The van der Waals surface area contributed by atoms with Crippen LogP contribution in [0.25, 0.3) is 0 Å². The maximum atomic E-state index is 11.6.